The second kappa shape index (κ2) is 14.0. The van der Waals surface area contributed by atoms with E-state index in [4.69, 9.17) is 4.74 Å². The van der Waals surface area contributed by atoms with Gasteiger partial charge in [-0.3, -0.25) is 0 Å². The summed E-state index contributed by atoms with van der Waals surface area (Å²) in [5.74, 6) is 1.00. The molecule has 6 rings (SSSR count). The molecule has 0 saturated heterocycles. The lowest BCUT2D eigenvalue weighted by molar-refractivity contribution is 0.476. The van der Waals surface area contributed by atoms with E-state index in [0.29, 0.717) is 0 Å². The second-order valence-corrected chi connectivity index (χ2v) is 10.5. The zero-order valence-corrected chi connectivity index (χ0v) is 24.1. The molecule has 1 unspecified atom stereocenters. The average molecular weight is 555 g/mol. The highest BCUT2D eigenvalue weighted by Gasteiger charge is 2.17. The van der Waals surface area contributed by atoms with Crippen molar-refractivity contribution in [1.29, 1.82) is 0 Å². The molecule has 1 heteroatoms. The zero-order valence-electron chi connectivity index (χ0n) is 24.1. The van der Waals surface area contributed by atoms with E-state index in [9.17, 15) is 0 Å². The Kier molecular flexibility index (Phi) is 9.02. The van der Waals surface area contributed by atoms with Crippen LogP contribution >= 0.6 is 0 Å². The van der Waals surface area contributed by atoms with E-state index in [1.165, 1.54) is 33.0 Å². The molecule has 0 bridgehead atoms. The monoisotopic (exact) mass is 554 g/mol. The maximum Gasteiger partial charge on any atom is 0.133 e. The van der Waals surface area contributed by atoms with Crippen molar-refractivity contribution in [2.75, 3.05) is 0 Å². The predicted molar refractivity (Wildman–Crippen MR) is 183 cm³/mol. The van der Waals surface area contributed by atoms with Crippen LogP contribution in [0.4, 0.5) is 0 Å². The fourth-order valence-corrected chi connectivity index (χ4v) is 5.55. The lowest BCUT2D eigenvalue weighted by Crippen LogP contribution is -1.98. The van der Waals surface area contributed by atoms with Gasteiger partial charge in [-0.05, 0) is 63.2 Å². The minimum absolute atomic E-state index is 0.151. The van der Waals surface area contributed by atoms with E-state index >= 15 is 0 Å². The van der Waals surface area contributed by atoms with Crippen molar-refractivity contribution in [1.82, 2.24) is 0 Å². The van der Waals surface area contributed by atoms with Gasteiger partial charge in [-0.1, -0.05) is 164 Å². The summed E-state index contributed by atoms with van der Waals surface area (Å²) >= 11 is 0. The first-order valence-corrected chi connectivity index (χ1v) is 14.8. The molecule has 0 aliphatic carbocycles. The van der Waals surface area contributed by atoms with Crippen molar-refractivity contribution < 1.29 is 4.74 Å². The predicted octanol–water partition coefficient (Wildman–Crippen LogP) is 11.4. The maximum absolute atomic E-state index is 6.18. The van der Waals surface area contributed by atoms with Crippen molar-refractivity contribution in [3.63, 3.8) is 0 Å². The van der Waals surface area contributed by atoms with Gasteiger partial charge in [-0.2, -0.15) is 0 Å². The third kappa shape index (κ3) is 6.92. The van der Waals surface area contributed by atoms with Gasteiger partial charge in [0.1, 0.15) is 5.75 Å². The summed E-state index contributed by atoms with van der Waals surface area (Å²) in [6.07, 6.45) is 7.17. The Balaban J connectivity index is 1.65. The molecular weight excluding hydrogens is 520 g/mol. The molecular formula is C42H34O. The number of rotatable bonds is 3. The van der Waals surface area contributed by atoms with Crippen LogP contribution in [-0.2, 0) is 0 Å². The van der Waals surface area contributed by atoms with Gasteiger partial charge in [-0.25, -0.2) is 0 Å². The summed E-state index contributed by atoms with van der Waals surface area (Å²) < 4.78 is 6.18. The van der Waals surface area contributed by atoms with Gasteiger partial charge in [0.05, 0.1) is 6.26 Å². The first-order chi connectivity index (χ1) is 21.4. The number of para-hydroxylation sites is 1. The Morgan fingerprint density at radius 1 is 0.465 bits per heavy atom. The van der Waals surface area contributed by atoms with E-state index in [1.54, 1.807) is 0 Å². The van der Waals surface area contributed by atoms with Gasteiger partial charge >= 0.3 is 0 Å². The van der Waals surface area contributed by atoms with Crippen LogP contribution in [0, 0.1) is 0 Å². The first-order valence-electron chi connectivity index (χ1n) is 14.8. The van der Waals surface area contributed by atoms with Crippen LogP contribution < -0.4 is 4.74 Å². The lowest BCUT2D eigenvalue weighted by atomic mass is 9.86. The summed E-state index contributed by atoms with van der Waals surface area (Å²) in [7, 11) is 0. The molecule has 0 spiro atoms. The summed E-state index contributed by atoms with van der Waals surface area (Å²) in [6.45, 7) is 0. The van der Waals surface area contributed by atoms with Crippen LogP contribution in [0.5, 0.6) is 5.75 Å². The molecule has 0 N–H and O–H groups in total. The largest absolute Gasteiger partial charge is 0.465 e. The van der Waals surface area contributed by atoms with Gasteiger partial charge in [0.2, 0.25) is 0 Å². The number of benzene rings is 3. The van der Waals surface area contributed by atoms with E-state index < -0.39 is 0 Å². The van der Waals surface area contributed by atoms with Gasteiger partial charge < -0.3 is 4.74 Å². The fourth-order valence-electron chi connectivity index (χ4n) is 5.55. The Labute approximate surface area is 254 Å². The Morgan fingerprint density at radius 3 is 1.70 bits per heavy atom. The van der Waals surface area contributed by atoms with Crippen LogP contribution in [0.25, 0.3) is 33.5 Å². The highest BCUT2D eigenvalue weighted by Crippen LogP contribution is 2.38. The number of hydrogen-bond donors (Lipinski definition) is 0. The van der Waals surface area contributed by atoms with Crippen LogP contribution in [0.3, 0.4) is 0 Å². The van der Waals surface area contributed by atoms with Crippen LogP contribution in [0.15, 0.2) is 182 Å². The van der Waals surface area contributed by atoms with E-state index in [0.717, 1.165) is 23.3 Å². The van der Waals surface area contributed by atoms with Crippen molar-refractivity contribution in [2.45, 2.75) is 12.3 Å². The van der Waals surface area contributed by atoms with Gasteiger partial charge in [-0.15, -0.1) is 0 Å². The minimum atomic E-state index is 0.151. The van der Waals surface area contributed by atoms with Crippen LogP contribution in [0.1, 0.15) is 29.0 Å². The summed E-state index contributed by atoms with van der Waals surface area (Å²) in [6, 6.07) is 59.5. The van der Waals surface area contributed by atoms with E-state index in [1.807, 2.05) is 36.6 Å². The molecule has 43 heavy (non-hydrogen) atoms. The normalized spacial score (nSPS) is 15.9. The number of allylic oxidation sites excluding steroid dienone is 2. The Morgan fingerprint density at radius 2 is 0.977 bits per heavy atom. The molecule has 5 aromatic rings. The van der Waals surface area contributed by atoms with Gasteiger partial charge in [0.25, 0.3) is 0 Å². The molecule has 5 aromatic carbocycles. The highest BCUT2D eigenvalue weighted by molar-refractivity contribution is 6.03. The SMILES string of the molecule is C1=C(\c2ccccccc(-c3ccccccccc3)c3ccccc23)CC(c2ccccc2)/C=C/Oc2ccccc2/1. The molecule has 0 radical (unpaired) electrons. The number of ether oxygens (including phenoxy) is 1. The van der Waals surface area contributed by atoms with Gasteiger partial charge in [0, 0.05) is 11.5 Å². The summed E-state index contributed by atoms with van der Waals surface area (Å²) in [4.78, 5) is 0. The molecule has 1 heterocycles. The smallest absolute Gasteiger partial charge is 0.133 e. The van der Waals surface area contributed by atoms with Crippen LogP contribution in [-0.4, -0.2) is 0 Å². The average Bonchev–Trinajstić information content (AvgIpc) is 3.15. The third-order valence-electron chi connectivity index (χ3n) is 7.66. The van der Waals surface area contributed by atoms with Gasteiger partial charge in [0.15, 0.2) is 0 Å². The molecule has 0 aromatic heterocycles. The molecule has 1 aliphatic heterocycles. The highest BCUT2D eigenvalue weighted by atomic mass is 16.5. The molecule has 0 amide bonds. The van der Waals surface area contributed by atoms with E-state index in [-0.39, 0.29) is 5.92 Å². The first kappa shape index (κ1) is 27.8. The summed E-state index contributed by atoms with van der Waals surface area (Å²) in [5, 5.41) is 2.38. The fraction of sp³-hybridized carbons (Fsp3) is 0.0476. The molecule has 208 valence electrons. The molecule has 1 atom stereocenters. The minimum Gasteiger partial charge on any atom is -0.465 e. The van der Waals surface area contributed by atoms with Crippen LogP contribution in [0.2, 0.25) is 0 Å². The molecule has 1 aliphatic rings. The molecule has 1 nitrogen and oxygen atoms in total. The molecule has 0 saturated carbocycles. The number of fused-ring (bicyclic) bond motifs is 2. The maximum atomic E-state index is 6.18. The topological polar surface area (TPSA) is 9.23 Å². The molecule has 0 fully saturated rings. The zero-order chi connectivity index (χ0) is 29.1. The standard InChI is InChI=1S/C42H34O/c1-2-4-9-21-34(22-10-5-3-1)38-24-13-6-7-14-25-39(41-27-17-16-26-40(38)41)37-31-35(33-19-11-8-12-20-33)29-30-43-42-28-18-15-23-36(42)32-37/h1-30,32,35H,31H2/b2-1?,3-1?,4-2?,5-3?,7-6?,9-4?,10-5?,13-6?,14-7?,21-9?,22-10?,24-13?,25-14?,30-29+,34-21?,34-22?,37-32-,38-24?,39-25?,40-38?,41-39?. The second-order valence-electron chi connectivity index (χ2n) is 10.5. The Hall–Kier alpha value is -5.40. The quantitative estimate of drug-likeness (QED) is 0.215. The van der Waals surface area contributed by atoms with Crippen molar-refractivity contribution in [3.8, 4) is 16.9 Å². The summed E-state index contributed by atoms with van der Waals surface area (Å²) in [5.41, 5.74) is 7.08. The van der Waals surface area contributed by atoms with Crippen molar-refractivity contribution in [3.05, 3.63) is 199 Å². The third-order valence-corrected chi connectivity index (χ3v) is 7.66. The lowest BCUT2D eigenvalue weighted by Gasteiger charge is -2.17. The number of hydrogen-bond acceptors (Lipinski definition) is 1. The van der Waals surface area contributed by atoms with Crippen molar-refractivity contribution in [2.24, 2.45) is 0 Å². The Bertz CT molecular complexity index is 1850. The van der Waals surface area contributed by atoms with E-state index in [2.05, 4.69) is 152 Å². The van der Waals surface area contributed by atoms with Crippen molar-refractivity contribution >= 4 is 22.4 Å².